The Labute approximate surface area is 189 Å². The van der Waals surface area contributed by atoms with Crippen molar-refractivity contribution >= 4 is 28.8 Å². The largest absolute Gasteiger partial charge is 0.370 e. The van der Waals surface area contributed by atoms with E-state index in [1.54, 1.807) is 4.90 Å². The van der Waals surface area contributed by atoms with Gasteiger partial charge in [0.05, 0.1) is 6.54 Å². The van der Waals surface area contributed by atoms with Crippen LogP contribution < -0.4 is 11.1 Å². The molecule has 32 heavy (non-hydrogen) atoms. The normalized spacial score (nSPS) is 15.4. The summed E-state index contributed by atoms with van der Waals surface area (Å²) in [6.07, 6.45) is 4.30. The lowest BCUT2D eigenvalue weighted by Gasteiger charge is -2.34. The number of carbonyl (C=O) groups excluding carboxylic acids is 1. The van der Waals surface area contributed by atoms with Crippen molar-refractivity contribution in [2.24, 2.45) is 10.7 Å². The molecular weight excluding hydrogens is 398 g/mol. The highest BCUT2D eigenvalue weighted by molar-refractivity contribution is 5.95. The molecule has 1 heterocycles. The molecule has 0 atom stereocenters. The average molecular weight is 428 g/mol. The summed E-state index contributed by atoms with van der Waals surface area (Å²) in [5.41, 5.74) is 8.27. The monoisotopic (exact) mass is 427 g/mol. The van der Waals surface area contributed by atoms with Crippen LogP contribution in [0.2, 0.25) is 0 Å². The van der Waals surface area contributed by atoms with E-state index in [4.69, 9.17) is 5.73 Å². The molecule has 1 aliphatic heterocycles. The number of nitrogens with two attached hydrogens (primary N) is 1. The third-order valence-electron chi connectivity index (χ3n) is 5.67. The average Bonchev–Trinajstić information content (AvgIpc) is 2.84. The maximum absolute atomic E-state index is 12.6. The van der Waals surface area contributed by atoms with Gasteiger partial charge in [-0.1, -0.05) is 84.9 Å². The molecule has 0 spiro atoms. The molecule has 6 heteroatoms. The first-order valence-electron chi connectivity index (χ1n) is 11.0. The summed E-state index contributed by atoms with van der Waals surface area (Å²) in [5, 5.41) is 5.04. The fraction of sp³-hybridized carbons (Fsp3) is 0.231. The Morgan fingerprint density at radius 1 is 0.938 bits per heavy atom. The van der Waals surface area contributed by atoms with Crippen LogP contribution in [0.15, 0.2) is 83.9 Å². The minimum absolute atomic E-state index is 0.149. The van der Waals surface area contributed by atoms with E-state index >= 15 is 0 Å². The van der Waals surface area contributed by atoms with Crippen molar-refractivity contribution in [2.45, 2.75) is 6.54 Å². The van der Waals surface area contributed by atoms with Gasteiger partial charge in [0.25, 0.3) is 0 Å². The molecule has 4 rings (SSSR count). The number of piperazine rings is 1. The Bertz CT molecular complexity index is 1100. The summed E-state index contributed by atoms with van der Waals surface area (Å²) < 4.78 is 0. The predicted molar refractivity (Wildman–Crippen MR) is 131 cm³/mol. The molecule has 3 N–H and O–H groups in total. The number of urea groups is 1. The number of aliphatic imine (C=N–C) groups is 1. The van der Waals surface area contributed by atoms with Gasteiger partial charge in [0.1, 0.15) is 0 Å². The van der Waals surface area contributed by atoms with E-state index in [9.17, 15) is 4.79 Å². The zero-order valence-corrected chi connectivity index (χ0v) is 18.2. The molecule has 0 aliphatic carbocycles. The van der Waals surface area contributed by atoms with E-state index in [0.717, 1.165) is 30.6 Å². The molecule has 1 saturated heterocycles. The second-order valence-electron chi connectivity index (χ2n) is 7.87. The lowest BCUT2D eigenvalue weighted by Crippen LogP contribution is -2.53. The molecule has 6 nitrogen and oxygen atoms in total. The molecule has 0 radical (unpaired) electrons. The van der Waals surface area contributed by atoms with Crippen molar-refractivity contribution < 1.29 is 4.79 Å². The number of amides is 2. The number of rotatable bonds is 5. The van der Waals surface area contributed by atoms with Gasteiger partial charge in [0, 0.05) is 32.7 Å². The predicted octanol–water partition coefficient (Wildman–Crippen LogP) is 3.70. The molecule has 3 aromatic rings. The van der Waals surface area contributed by atoms with Crippen LogP contribution in [0.1, 0.15) is 11.1 Å². The summed E-state index contributed by atoms with van der Waals surface area (Å²) in [6, 6.07) is 24.4. The second-order valence-corrected chi connectivity index (χ2v) is 7.87. The Kier molecular flexibility index (Phi) is 7.15. The standard InChI is InChI=1S/C26H29N5O/c27-25(28-20-23-13-6-12-22-11-4-5-14-24(22)23)29-26(32)31-18-16-30(17-19-31)15-7-10-21-8-2-1-3-9-21/h1-14H,15-20H2,(H3,27,28,29,32). The minimum atomic E-state index is -0.191. The molecule has 2 amide bonds. The third kappa shape index (κ3) is 5.74. The Morgan fingerprint density at radius 2 is 1.66 bits per heavy atom. The molecule has 0 saturated carbocycles. The van der Waals surface area contributed by atoms with E-state index in [-0.39, 0.29) is 12.0 Å². The van der Waals surface area contributed by atoms with E-state index in [1.165, 1.54) is 10.9 Å². The van der Waals surface area contributed by atoms with Crippen molar-refractivity contribution in [1.29, 1.82) is 0 Å². The maximum atomic E-state index is 12.6. The van der Waals surface area contributed by atoms with Crippen LogP contribution in [-0.2, 0) is 6.54 Å². The number of nitrogens with one attached hydrogen (secondary N) is 1. The number of benzene rings is 3. The molecular formula is C26H29N5O. The molecule has 0 bridgehead atoms. The second kappa shape index (κ2) is 10.6. The summed E-state index contributed by atoms with van der Waals surface area (Å²) in [6.45, 7) is 4.30. The number of carbonyl (C=O) groups is 1. The smallest absolute Gasteiger partial charge is 0.324 e. The van der Waals surface area contributed by atoms with E-state index in [0.29, 0.717) is 19.6 Å². The topological polar surface area (TPSA) is 74.0 Å². The maximum Gasteiger partial charge on any atom is 0.324 e. The number of nitrogens with zero attached hydrogens (tertiary/aromatic N) is 3. The highest BCUT2D eigenvalue weighted by Gasteiger charge is 2.20. The highest BCUT2D eigenvalue weighted by atomic mass is 16.2. The number of guanidine groups is 1. The van der Waals surface area contributed by atoms with Gasteiger partial charge in [-0.3, -0.25) is 10.2 Å². The van der Waals surface area contributed by atoms with Gasteiger partial charge in [-0.15, -0.1) is 0 Å². The van der Waals surface area contributed by atoms with Crippen molar-refractivity contribution in [2.75, 3.05) is 32.7 Å². The van der Waals surface area contributed by atoms with Gasteiger partial charge in [0.15, 0.2) is 5.96 Å². The van der Waals surface area contributed by atoms with Crippen LogP contribution in [0.25, 0.3) is 16.8 Å². The lowest BCUT2D eigenvalue weighted by atomic mass is 10.1. The van der Waals surface area contributed by atoms with Crippen LogP contribution in [0.5, 0.6) is 0 Å². The lowest BCUT2D eigenvalue weighted by molar-refractivity contribution is 0.150. The molecule has 0 unspecified atom stereocenters. The van der Waals surface area contributed by atoms with Crippen molar-refractivity contribution in [3.05, 3.63) is 90.0 Å². The fourth-order valence-corrected chi connectivity index (χ4v) is 3.86. The van der Waals surface area contributed by atoms with E-state index in [1.807, 2.05) is 42.5 Å². The highest BCUT2D eigenvalue weighted by Crippen LogP contribution is 2.19. The van der Waals surface area contributed by atoms with Crippen molar-refractivity contribution in [1.82, 2.24) is 15.1 Å². The zero-order chi connectivity index (χ0) is 22.2. The molecule has 3 aromatic carbocycles. The van der Waals surface area contributed by atoms with Crippen LogP contribution in [0, 0.1) is 0 Å². The Hall–Kier alpha value is -3.64. The molecule has 1 fully saturated rings. The van der Waals surface area contributed by atoms with Crippen LogP contribution in [0.3, 0.4) is 0 Å². The van der Waals surface area contributed by atoms with Crippen LogP contribution in [-0.4, -0.2) is 54.5 Å². The summed E-state index contributed by atoms with van der Waals surface area (Å²) >= 11 is 0. The van der Waals surface area contributed by atoms with Crippen molar-refractivity contribution in [3.8, 4) is 0 Å². The number of fused-ring (bicyclic) bond motifs is 1. The Morgan fingerprint density at radius 3 is 2.47 bits per heavy atom. The van der Waals surface area contributed by atoms with Gasteiger partial charge in [-0.05, 0) is 21.9 Å². The first kappa shape index (κ1) is 21.6. The quantitative estimate of drug-likeness (QED) is 0.482. The zero-order valence-electron chi connectivity index (χ0n) is 18.2. The van der Waals surface area contributed by atoms with Gasteiger partial charge in [0.2, 0.25) is 0 Å². The summed E-state index contributed by atoms with van der Waals surface area (Å²) in [5.74, 6) is 0.149. The third-order valence-corrected chi connectivity index (χ3v) is 5.67. The number of hydrogen-bond acceptors (Lipinski definition) is 3. The van der Waals surface area contributed by atoms with Crippen LogP contribution in [0.4, 0.5) is 4.79 Å². The van der Waals surface area contributed by atoms with Gasteiger partial charge < -0.3 is 10.6 Å². The van der Waals surface area contributed by atoms with Gasteiger partial charge >= 0.3 is 6.03 Å². The SMILES string of the molecule is NC(=NCc1cccc2ccccc12)NC(=O)N1CCN(CC=Cc2ccccc2)CC1. The fourth-order valence-electron chi connectivity index (χ4n) is 3.86. The minimum Gasteiger partial charge on any atom is -0.370 e. The summed E-state index contributed by atoms with van der Waals surface area (Å²) in [7, 11) is 0. The van der Waals surface area contributed by atoms with Crippen LogP contribution >= 0.6 is 0 Å². The molecule has 164 valence electrons. The van der Waals surface area contributed by atoms with Crippen molar-refractivity contribution in [3.63, 3.8) is 0 Å². The molecule has 0 aromatic heterocycles. The summed E-state index contributed by atoms with van der Waals surface area (Å²) in [4.78, 5) is 21.1. The first-order chi connectivity index (χ1) is 15.7. The van der Waals surface area contributed by atoms with E-state index in [2.05, 4.69) is 57.7 Å². The van der Waals surface area contributed by atoms with Gasteiger partial charge in [-0.2, -0.15) is 0 Å². The number of hydrogen-bond donors (Lipinski definition) is 2. The first-order valence-corrected chi connectivity index (χ1v) is 11.0. The van der Waals surface area contributed by atoms with E-state index < -0.39 is 0 Å². The van der Waals surface area contributed by atoms with Gasteiger partial charge in [-0.25, -0.2) is 9.79 Å². The molecule has 1 aliphatic rings. The Balaban J connectivity index is 1.24.